The molecule has 4 rings (SSSR count). The molecule has 2 bridgehead atoms. The Labute approximate surface area is 123 Å². The molecule has 2 fully saturated rings. The van der Waals surface area contributed by atoms with Gasteiger partial charge in [-0.1, -0.05) is 6.42 Å². The first-order valence-electron chi connectivity index (χ1n) is 7.50. The van der Waals surface area contributed by atoms with Crippen LogP contribution in [0.3, 0.4) is 0 Å². The molecule has 0 saturated carbocycles. The van der Waals surface area contributed by atoms with Crippen LogP contribution in [0.25, 0.3) is 11.0 Å². The number of H-pyrrole nitrogens is 1. The summed E-state index contributed by atoms with van der Waals surface area (Å²) >= 11 is 5.56. The van der Waals surface area contributed by atoms with Crippen LogP contribution >= 0.6 is 12.2 Å². The van der Waals surface area contributed by atoms with Crippen molar-refractivity contribution in [1.29, 1.82) is 0 Å². The van der Waals surface area contributed by atoms with Crippen LogP contribution < -0.4 is 0 Å². The number of fused-ring (bicyclic) bond motifs is 3. The number of hydrogen-bond acceptors (Lipinski definition) is 3. The van der Waals surface area contributed by atoms with E-state index in [2.05, 4.69) is 32.5 Å². The maximum atomic E-state index is 5.56. The van der Waals surface area contributed by atoms with Gasteiger partial charge in [-0.2, -0.15) is 0 Å². The molecule has 0 spiro atoms. The van der Waals surface area contributed by atoms with E-state index in [1.807, 2.05) is 12.4 Å². The second-order valence-electron chi connectivity index (χ2n) is 6.22. The average Bonchev–Trinajstić information content (AvgIpc) is 2.74. The van der Waals surface area contributed by atoms with Crippen molar-refractivity contribution in [3.8, 4) is 0 Å². The Morgan fingerprint density at radius 1 is 1.25 bits per heavy atom. The lowest BCUT2D eigenvalue weighted by Crippen LogP contribution is -2.50. The molecule has 0 aliphatic carbocycles. The maximum Gasteiger partial charge on any atom is 0.178 e. The molecule has 0 amide bonds. The maximum absolute atomic E-state index is 5.56. The number of piperidine rings is 2. The predicted molar refractivity (Wildman–Crippen MR) is 82.4 cm³/mol. The molecule has 2 unspecified atom stereocenters. The summed E-state index contributed by atoms with van der Waals surface area (Å²) < 4.78 is 3.19. The molecule has 2 aromatic heterocycles. The minimum Gasteiger partial charge on any atom is -0.329 e. The number of nitrogens with one attached hydrogen (secondary N) is 1. The molecular formula is C15H20N4S. The van der Waals surface area contributed by atoms with Crippen molar-refractivity contribution in [2.45, 2.75) is 50.2 Å². The topological polar surface area (TPSA) is 36.9 Å². The molecule has 4 nitrogen and oxygen atoms in total. The number of nitrogens with zero attached hydrogens (tertiary/aromatic N) is 3. The van der Waals surface area contributed by atoms with Crippen LogP contribution in [0.5, 0.6) is 0 Å². The molecule has 2 atom stereocenters. The lowest BCUT2D eigenvalue weighted by molar-refractivity contribution is 0.0407. The minimum atomic E-state index is 0.533. The highest BCUT2D eigenvalue weighted by Crippen LogP contribution is 2.39. The van der Waals surface area contributed by atoms with Crippen molar-refractivity contribution < 1.29 is 0 Å². The summed E-state index contributed by atoms with van der Waals surface area (Å²) in [7, 11) is 2.29. The van der Waals surface area contributed by atoms with Gasteiger partial charge in [0.1, 0.15) is 0 Å². The molecule has 4 heterocycles. The second-order valence-corrected chi connectivity index (χ2v) is 6.61. The van der Waals surface area contributed by atoms with E-state index in [-0.39, 0.29) is 0 Å². The quantitative estimate of drug-likeness (QED) is 0.818. The first-order valence-corrected chi connectivity index (χ1v) is 7.91. The van der Waals surface area contributed by atoms with E-state index in [9.17, 15) is 0 Å². The summed E-state index contributed by atoms with van der Waals surface area (Å²) in [5, 5.41) is 0. The summed E-state index contributed by atoms with van der Waals surface area (Å²) in [4.78, 5) is 10.1. The Bertz CT molecular complexity index is 674. The highest BCUT2D eigenvalue weighted by atomic mass is 32.1. The van der Waals surface area contributed by atoms with Crippen LogP contribution in [0, 0.1) is 4.77 Å². The Balaban J connectivity index is 1.77. The van der Waals surface area contributed by atoms with Crippen molar-refractivity contribution in [1.82, 2.24) is 19.4 Å². The van der Waals surface area contributed by atoms with E-state index in [1.54, 1.807) is 0 Å². The van der Waals surface area contributed by atoms with E-state index in [0.29, 0.717) is 6.04 Å². The zero-order chi connectivity index (χ0) is 13.7. The fourth-order valence-corrected chi connectivity index (χ4v) is 4.50. The van der Waals surface area contributed by atoms with Gasteiger partial charge in [0.2, 0.25) is 0 Å². The number of hydrogen-bond donors (Lipinski definition) is 1. The average molecular weight is 288 g/mol. The normalized spacial score (nSPS) is 30.8. The third-order valence-corrected chi connectivity index (χ3v) is 5.50. The van der Waals surface area contributed by atoms with E-state index >= 15 is 0 Å². The summed E-state index contributed by atoms with van der Waals surface area (Å²) in [6, 6.07) is 4.06. The fourth-order valence-electron chi connectivity index (χ4n) is 4.14. The lowest BCUT2D eigenvalue weighted by atomic mass is 9.82. The molecule has 2 aliphatic heterocycles. The zero-order valence-corrected chi connectivity index (χ0v) is 12.6. The van der Waals surface area contributed by atoms with Crippen LogP contribution in [0.4, 0.5) is 0 Å². The largest absolute Gasteiger partial charge is 0.329 e. The van der Waals surface area contributed by atoms with Crippen LogP contribution in [0.2, 0.25) is 0 Å². The van der Waals surface area contributed by atoms with Crippen LogP contribution in [-0.4, -0.2) is 38.6 Å². The Morgan fingerprint density at radius 3 is 2.75 bits per heavy atom. The van der Waals surface area contributed by atoms with E-state index in [0.717, 1.165) is 22.4 Å². The number of aromatic nitrogens is 3. The van der Waals surface area contributed by atoms with Gasteiger partial charge in [-0.3, -0.25) is 4.98 Å². The van der Waals surface area contributed by atoms with Gasteiger partial charge in [0.25, 0.3) is 0 Å². The number of pyridine rings is 1. The van der Waals surface area contributed by atoms with Crippen molar-refractivity contribution >= 4 is 23.3 Å². The molecule has 0 aromatic carbocycles. The zero-order valence-electron chi connectivity index (χ0n) is 11.7. The van der Waals surface area contributed by atoms with Gasteiger partial charge in [-0.05, 0) is 51.0 Å². The molecule has 5 heteroatoms. The van der Waals surface area contributed by atoms with Gasteiger partial charge < -0.3 is 14.5 Å². The molecule has 2 aromatic rings. The highest BCUT2D eigenvalue weighted by molar-refractivity contribution is 7.71. The lowest BCUT2D eigenvalue weighted by Gasteiger charge is -2.47. The number of aromatic amines is 1. The highest BCUT2D eigenvalue weighted by Gasteiger charge is 2.37. The van der Waals surface area contributed by atoms with Gasteiger partial charge in [-0.25, -0.2) is 0 Å². The molecule has 0 radical (unpaired) electrons. The molecule has 20 heavy (non-hydrogen) atoms. The van der Waals surface area contributed by atoms with Gasteiger partial charge >= 0.3 is 0 Å². The Hall–Kier alpha value is -1.20. The third kappa shape index (κ3) is 1.84. The number of rotatable bonds is 1. The monoisotopic (exact) mass is 288 g/mol. The van der Waals surface area contributed by atoms with Crippen LogP contribution in [-0.2, 0) is 0 Å². The van der Waals surface area contributed by atoms with E-state index < -0.39 is 0 Å². The van der Waals surface area contributed by atoms with Crippen molar-refractivity contribution in [2.24, 2.45) is 0 Å². The Kier molecular flexibility index (Phi) is 2.93. The molecule has 106 valence electrons. The van der Waals surface area contributed by atoms with Gasteiger partial charge in [0.15, 0.2) is 4.77 Å². The molecule has 1 N–H and O–H groups in total. The summed E-state index contributed by atoms with van der Waals surface area (Å²) in [6.45, 7) is 0. The predicted octanol–water partition coefficient (Wildman–Crippen LogP) is 3.28. The molecule has 2 aliphatic rings. The fraction of sp³-hybridized carbons (Fsp3) is 0.600. The van der Waals surface area contributed by atoms with Crippen molar-refractivity contribution in [2.75, 3.05) is 7.05 Å². The van der Waals surface area contributed by atoms with Crippen LogP contribution in [0.1, 0.15) is 38.1 Å². The summed E-state index contributed by atoms with van der Waals surface area (Å²) in [6.07, 6.45) is 10.2. The standard InChI is InChI=1S/C15H20N4S/c1-18-10-3-2-4-11(18)8-12(7-10)19-14-5-6-16-9-13(14)17-15(19)20/h5-6,9-12H,2-4,7-8H2,1H3,(H,17,20). The first kappa shape index (κ1) is 12.5. The summed E-state index contributed by atoms with van der Waals surface area (Å²) in [5.74, 6) is 0. The number of imidazole rings is 1. The van der Waals surface area contributed by atoms with Gasteiger partial charge in [0.05, 0.1) is 17.2 Å². The smallest absolute Gasteiger partial charge is 0.178 e. The van der Waals surface area contributed by atoms with Gasteiger partial charge in [-0.15, -0.1) is 0 Å². The Morgan fingerprint density at radius 2 is 2.00 bits per heavy atom. The first-order chi connectivity index (χ1) is 9.74. The minimum absolute atomic E-state index is 0.533. The molecular weight excluding hydrogens is 268 g/mol. The van der Waals surface area contributed by atoms with Crippen LogP contribution in [0.15, 0.2) is 18.5 Å². The SMILES string of the molecule is CN1C2CCCC1CC(n1c(=S)[nH]c3cnccc31)C2. The molecule has 2 saturated heterocycles. The second kappa shape index (κ2) is 4.67. The third-order valence-electron chi connectivity index (χ3n) is 5.20. The van der Waals surface area contributed by atoms with Crippen molar-refractivity contribution in [3.05, 3.63) is 23.2 Å². The summed E-state index contributed by atoms with van der Waals surface area (Å²) in [5.41, 5.74) is 2.26. The van der Waals surface area contributed by atoms with E-state index in [1.165, 1.54) is 37.6 Å². The van der Waals surface area contributed by atoms with Gasteiger partial charge in [0, 0.05) is 24.3 Å². The van der Waals surface area contributed by atoms with E-state index in [4.69, 9.17) is 12.2 Å². The van der Waals surface area contributed by atoms with Crippen molar-refractivity contribution in [3.63, 3.8) is 0 Å².